The third kappa shape index (κ3) is 7.00. The molecule has 0 fully saturated rings. The van der Waals surface area contributed by atoms with E-state index in [0.29, 0.717) is 28.9 Å². The molecule has 3 amide bonds. The van der Waals surface area contributed by atoms with E-state index in [-0.39, 0.29) is 11.8 Å². The maximum atomic E-state index is 13.0. The average Bonchev–Trinajstić information content (AvgIpc) is 3.27. The van der Waals surface area contributed by atoms with Crippen LogP contribution in [0.1, 0.15) is 27.2 Å². The van der Waals surface area contributed by atoms with Crippen molar-refractivity contribution in [1.82, 2.24) is 15.5 Å². The lowest BCUT2D eigenvalue weighted by atomic mass is 9.98. The van der Waals surface area contributed by atoms with E-state index in [1.54, 1.807) is 24.3 Å². The van der Waals surface area contributed by atoms with Crippen LogP contribution in [0.25, 0.3) is 10.6 Å². The zero-order valence-electron chi connectivity index (χ0n) is 18.6. The summed E-state index contributed by atoms with van der Waals surface area (Å²) in [5, 5.41) is 17.6. The van der Waals surface area contributed by atoms with E-state index in [4.69, 9.17) is 4.74 Å². The second kappa shape index (κ2) is 11.8. The van der Waals surface area contributed by atoms with Gasteiger partial charge in [-0.1, -0.05) is 59.7 Å². The predicted octanol–water partition coefficient (Wildman–Crippen LogP) is 5.54. The van der Waals surface area contributed by atoms with Gasteiger partial charge in [-0.15, -0.1) is 10.2 Å². The highest BCUT2D eigenvalue weighted by Gasteiger charge is 2.27. The number of hydrogen-bond donors (Lipinski definition) is 3. The van der Waals surface area contributed by atoms with Crippen LogP contribution in [0, 0.1) is 5.92 Å². The second-order valence-electron chi connectivity index (χ2n) is 7.33. The molecule has 2 atom stereocenters. The number of carbonyl (C=O) groups excluding carboxylic acids is 2. The zero-order valence-corrected chi connectivity index (χ0v) is 21.0. The molecule has 3 rings (SSSR count). The number of amides is 3. The number of halogens is 1. The van der Waals surface area contributed by atoms with Crippen LogP contribution in [0.2, 0.25) is 0 Å². The van der Waals surface area contributed by atoms with Crippen molar-refractivity contribution in [2.24, 2.45) is 5.92 Å². The van der Waals surface area contributed by atoms with E-state index in [1.807, 2.05) is 45.0 Å². The minimum Gasteiger partial charge on any atom is -0.494 e. The van der Waals surface area contributed by atoms with Crippen LogP contribution in [0.5, 0.6) is 5.75 Å². The highest BCUT2D eigenvalue weighted by Crippen LogP contribution is 2.28. The molecule has 0 saturated heterocycles. The van der Waals surface area contributed by atoms with Crippen LogP contribution in [0.4, 0.5) is 15.6 Å². The predicted molar refractivity (Wildman–Crippen MR) is 135 cm³/mol. The molecular weight excluding hydrogens is 506 g/mol. The first kappa shape index (κ1) is 24.7. The van der Waals surface area contributed by atoms with Gasteiger partial charge in [-0.05, 0) is 49.2 Å². The number of anilines is 2. The fourth-order valence-corrected chi connectivity index (χ4v) is 4.15. The first-order valence-corrected chi connectivity index (χ1v) is 12.2. The van der Waals surface area contributed by atoms with Crippen molar-refractivity contribution in [2.45, 2.75) is 33.2 Å². The van der Waals surface area contributed by atoms with Gasteiger partial charge in [0.05, 0.1) is 6.61 Å². The Kier molecular flexibility index (Phi) is 8.79. The quantitative estimate of drug-likeness (QED) is 0.336. The number of nitrogens with one attached hydrogen (secondary N) is 3. The highest BCUT2D eigenvalue weighted by atomic mass is 79.9. The summed E-state index contributed by atoms with van der Waals surface area (Å²) in [6, 6.07) is 13.5. The number of urea groups is 1. The zero-order chi connectivity index (χ0) is 23.8. The molecule has 3 aromatic rings. The molecule has 0 aliphatic heterocycles. The van der Waals surface area contributed by atoms with Crippen molar-refractivity contribution >= 4 is 50.0 Å². The van der Waals surface area contributed by atoms with Gasteiger partial charge in [0.2, 0.25) is 11.0 Å². The maximum Gasteiger partial charge on any atom is 0.319 e. The number of ether oxygens (including phenoxy) is 1. The Hall–Kier alpha value is -2.98. The third-order valence-corrected chi connectivity index (χ3v) is 6.31. The number of nitrogens with zero attached hydrogens (tertiary/aromatic N) is 2. The fourth-order valence-electron chi connectivity index (χ4n) is 3.01. The lowest BCUT2D eigenvalue weighted by Gasteiger charge is -2.23. The molecular formula is C23H26BrN5O3S. The van der Waals surface area contributed by atoms with Gasteiger partial charge >= 0.3 is 6.03 Å². The molecule has 1 heterocycles. The number of carbonyl (C=O) groups is 2. The molecule has 0 bridgehead atoms. The Bertz CT molecular complexity index is 1090. The summed E-state index contributed by atoms with van der Waals surface area (Å²) in [6.45, 7) is 6.35. The second-order valence-corrected chi connectivity index (χ2v) is 9.22. The molecule has 2 unspecified atom stereocenters. The topological polar surface area (TPSA) is 105 Å². The molecule has 0 aliphatic rings. The summed E-state index contributed by atoms with van der Waals surface area (Å²) in [6.07, 6.45) is 0.709. The van der Waals surface area contributed by atoms with Gasteiger partial charge in [-0.3, -0.25) is 10.1 Å². The van der Waals surface area contributed by atoms with Gasteiger partial charge < -0.3 is 15.4 Å². The molecule has 174 valence electrons. The lowest BCUT2D eigenvalue weighted by Crippen LogP contribution is -2.49. The van der Waals surface area contributed by atoms with Gasteiger partial charge in [-0.25, -0.2) is 4.79 Å². The van der Waals surface area contributed by atoms with Crippen LogP contribution in [-0.4, -0.2) is 34.8 Å². The van der Waals surface area contributed by atoms with Crippen LogP contribution >= 0.6 is 27.3 Å². The molecule has 10 heteroatoms. The van der Waals surface area contributed by atoms with Crippen LogP contribution < -0.4 is 20.7 Å². The molecule has 0 radical (unpaired) electrons. The van der Waals surface area contributed by atoms with E-state index in [1.165, 1.54) is 11.3 Å². The monoisotopic (exact) mass is 531 g/mol. The SMILES string of the molecule is CCOc1ccc(NC(=O)NC(C(=O)Nc2nnc(-c3cccc(Br)c3)s2)C(C)CC)cc1. The van der Waals surface area contributed by atoms with Crippen molar-refractivity contribution < 1.29 is 14.3 Å². The normalized spacial score (nSPS) is 12.5. The summed E-state index contributed by atoms with van der Waals surface area (Å²) in [7, 11) is 0. The average molecular weight is 532 g/mol. The molecule has 3 N–H and O–H groups in total. The minimum atomic E-state index is -0.740. The van der Waals surface area contributed by atoms with Gasteiger partial charge in [-0.2, -0.15) is 0 Å². The summed E-state index contributed by atoms with van der Waals surface area (Å²) in [4.78, 5) is 25.5. The van der Waals surface area contributed by atoms with Crippen LogP contribution in [0.15, 0.2) is 53.0 Å². The Labute approximate surface area is 205 Å². The van der Waals surface area contributed by atoms with Crippen molar-refractivity contribution in [1.29, 1.82) is 0 Å². The largest absolute Gasteiger partial charge is 0.494 e. The molecule has 0 saturated carbocycles. The smallest absolute Gasteiger partial charge is 0.319 e. The van der Waals surface area contributed by atoms with Crippen LogP contribution in [0.3, 0.4) is 0 Å². The molecule has 8 nitrogen and oxygen atoms in total. The van der Waals surface area contributed by atoms with E-state index in [2.05, 4.69) is 42.1 Å². The standard InChI is InChI=1S/C23H26BrN5O3S/c1-4-14(3)19(26-22(31)25-17-9-11-18(12-10-17)32-5-2)20(30)27-23-29-28-21(33-23)15-7-6-8-16(24)13-15/h6-14,19H,4-5H2,1-3H3,(H2,25,26,31)(H,27,29,30). The number of aromatic nitrogens is 2. The lowest BCUT2D eigenvalue weighted by molar-refractivity contribution is -0.119. The third-order valence-electron chi connectivity index (χ3n) is 4.93. The Balaban J connectivity index is 1.64. The van der Waals surface area contributed by atoms with Crippen molar-refractivity contribution in [3.63, 3.8) is 0 Å². The summed E-state index contributed by atoms with van der Waals surface area (Å²) in [5.74, 6) is 0.288. The molecule has 0 aliphatic carbocycles. The summed E-state index contributed by atoms with van der Waals surface area (Å²) in [5.41, 5.74) is 1.50. The van der Waals surface area contributed by atoms with Gasteiger partial charge in [0, 0.05) is 15.7 Å². The Morgan fingerprint density at radius 2 is 1.85 bits per heavy atom. The first-order valence-electron chi connectivity index (χ1n) is 10.6. The fraction of sp³-hybridized carbons (Fsp3) is 0.304. The van der Waals surface area contributed by atoms with E-state index < -0.39 is 12.1 Å². The summed E-state index contributed by atoms with van der Waals surface area (Å²) < 4.78 is 6.34. The number of rotatable bonds is 9. The molecule has 0 spiro atoms. The van der Waals surface area contributed by atoms with Crippen molar-refractivity contribution in [3.8, 4) is 16.3 Å². The molecule has 1 aromatic heterocycles. The summed E-state index contributed by atoms with van der Waals surface area (Å²) >= 11 is 4.71. The van der Waals surface area contributed by atoms with Crippen molar-refractivity contribution in [3.05, 3.63) is 53.0 Å². The van der Waals surface area contributed by atoms with Gasteiger partial charge in [0.25, 0.3) is 0 Å². The van der Waals surface area contributed by atoms with Crippen molar-refractivity contribution in [2.75, 3.05) is 17.2 Å². The van der Waals surface area contributed by atoms with E-state index in [9.17, 15) is 9.59 Å². The molecule has 33 heavy (non-hydrogen) atoms. The van der Waals surface area contributed by atoms with Gasteiger partial charge in [0.1, 0.15) is 16.8 Å². The van der Waals surface area contributed by atoms with Gasteiger partial charge in [0.15, 0.2) is 0 Å². The Morgan fingerprint density at radius 1 is 1.09 bits per heavy atom. The number of hydrogen-bond acceptors (Lipinski definition) is 6. The maximum absolute atomic E-state index is 13.0. The minimum absolute atomic E-state index is 0.0893. The molecule has 2 aromatic carbocycles. The highest BCUT2D eigenvalue weighted by molar-refractivity contribution is 9.10. The van der Waals surface area contributed by atoms with E-state index in [0.717, 1.165) is 15.8 Å². The first-order chi connectivity index (χ1) is 15.9. The Morgan fingerprint density at radius 3 is 2.52 bits per heavy atom. The number of benzene rings is 2. The van der Waals surface area contributed by atoms with E-state index >= 15 is 0 Å². The van der Waals surface area contributed by atoms with Crippen LogP contribution in [-0.2, 0) is 4.79 Å².